The van der Waals surface area contributed by atoms with Gasteiger partial charge in [0.2, 0.25) is 0 Å². The van der Waals surface area contributed by atoms with Gasteiger partial charge in [-0.3, -0.25) is 10.1 Å². The molecule has 4 nitrogen and oxygen atoms in total. The third-order valence-electron chi connectivity index (χ3n) is 3.41. The Bertz CT molecular complexity index is 945. The van der Waals surface area contributed by atoms with Gasteiger partial charge in [0.1, 0.15) is 11.6 Å². The van der Waals surface area contributed by atoms with E-state index in [0.717, 1.165) is 10.4 Å². The van der Waals surface area contributed by atoms with Crippen LogP contribution in [0.4, 0.5) is 9.52 Å². The van der Waals surface area contributed by atoms with Crippen molar-refractivity contribution in [2.24, 2.45) is 0 Å². The predicted octanol–water partition coefficient (Wildman–Crippen LogP) is 5.58. The van der Waals surface area contributed by atoms with E-state index in [2.05, 4.69) is 10.3 Å². The largest absolute Gasteiger partial charge is 0.482 e. The molecule has 1 N–H and O–H groups in total. The van der Waals surface area contributed by atoms with Gasteiger partial charge in [-0.2, -0.15) is 0 Å². The Balaban J connectivity index is 1.64. The van der Waals surface area contributed by atoms with E-state index in [-0.39, 0.29) is 18.3 Å². The zero-order valence-corrected chi connectivity index (χ0v) is 15.9. The monoisotopic (exact) mass is 410 g/mol. The molecule has 0 aliphatic rings. The van der Waals surface area contributed by atoms with Crippen LogP contribution in [0.25, 0.3) is 11.3 Å². The Labute approximate surface area is 163 Å². The minimum absolute atomic E-state index is 0.216. The standard InChI is InChI=1S/C18H13Cl2FN2O2S/c1-10-17(11-2-5-13(21)6-3-11)23-18(26-10)22-16(24)9-25-15-7-4-12(19)8-14(15)20/h2-8H,9H2,1H3,(H,22,23,24). The van der Waals surface area contributed by atoms with Crippen molar-refractivity contribution in [1.82, 2.24) is 4.98 Å². The van der Waals surface area contributed by atoms with Crippen LogP contribution in [0.5, 0.6) is 5.75 Å². The van der Waals surface area contributed by atoms with Gasteiger partial charge in [-0.05, 0) is 49.4 Å². The highest BCUT2D eigenvalue weighted by Gasteiger charge is 2.13. The van der Waals surface area contributed by atoms with Crippen molar-refractivity contribution in [3.8, 4) is 17.0 Å². The van der Waals surface area contributed by atoms with Crippen molar-refractivity contribution in [3.63, 3.8) is 0 Å². The molecule has 0 bridgehead atoms. The van der Waals surface area contributed by atoms with Crippen molar-refractivity contribution in [2.75, 3.05) is 11.9 Å². The maximum absolute atomic E-state index is 13.0. The summed E-state index contributed by atoms with van der Waals surface area (Å²) in [6.45, 7) is 1.67. The van der Waals surface area contributed by atoms with Crippen LogP contribution in [0.3, 0.4) is 0 Å². The van der Waals surface area contributed by atoms with Crippen LogP contribution < -0.4 is 10.1 Å². The highest BCUT2D eigenvalue weighted by Crippen LogP contribution is 2.31. The molecule has 0 aliphatic carbocycles. The molecule has 0 atom stereocenters. The lowest BCUT2D eigenvalue weighted by molar-refractivity contribution is -0.118. The molecule has 1 aromatic heterocycles. The SMILES string of the molecule is Cc1sc(NC(=O)COc2ccc(Cl)cc2Cl)nc1-c1ccc(F)cc1. The van der Waals surface area contributed by atoms with E-state index in [1.165, 1.54) is 29.5 Å². The number of aryl methyl sites for hydroxylation is 1. The zero-order chi connectivity index (χ0) is 18.7. The molecular weight excluding hydrogens is 398 g/mol. The molecule has 0 saturated carbocycles. The van der Waals surface area contributed by atoms with Gasteiger partial charge in [-0.15, -0.1) is 11.3 Å². The van der Waals surface area contributed by atoms with Gasteiger partial charge in [-0.25, -0.2) is 9.37 Å². The number of nitrogens with zero attached hydrogens (tertiary/aromatic N) is 1. The lowest BCUT2D eigenvalue weighted by Crippen LogP contribution is -2.20. The van der Waals surface area contributed by atoms with Crippen LogP contribution in [0.2, 0.25) is 10.0 Å². The van der Waals surface area contributed by atoms with Crippen LogP contribution >= 0.6 is 34.5 Å². The van der Waals surface area contributed by atoms with Gasteiger partial charge in [0.05, 0.1) is 10.7 Å². The summed E-state index contributed by atoms with van der Waals surface area (Å²) in [6, 6.07) is 10.8. The van der Waals surface area contributed by atoms with Crippen LogP contribution in [-0.2, 0) is 4.79 Å². The quantitative estimate of drug-likeness (QED) is 0.596. The number of carbonyl (C=O) groups is 1. The lowest BCUT2D eigenvalue weighted by Gasteiger charge is -2.07. The van der Waals surface area contributed by atoms with E-state index < -0.39 is 0 Å². The van der Waals surface area contributed by atoms with E-state index >= 15 is 0 Å². The summed E-state index contributed by atoms with van der Waals surface area (Å²) in [5.41, 5.74) is 1.48. The topological polar surface area (TPSA) is 51.2 Å². The predicted molar refractivity (Wildman–Crippen MR) is 103 cm³/mol. The van der Waals surface area contributed by atoms with E-state index in [1.807, 2.05) is 6.92 Å². The number of aromatic nitrogens is 1. The molecule has 134 valence electrons. The minimum atomic E-state index is -0.365. The summed E-state index contributed by atoms with van der Waals surface area (Å²) < 4.78 is 18.4. The van der Waals surface area contributed by atoms with E-state index in [4.69, 9.17) is 27.9 Å². The van der Waals surface area contributed by atoms with Gasteiger partial charge in [0, 0.05) is 15.5 Å². The van der Waals surface area contributed by atoms with Gasteiger partial charge < -0.3 is 4.74 Å². The molecule has 3 aromatic rings. The van der Waals surface area contributed by atoms with Crippen molar-refractivity contribution in [1.29, 1.82) is 0 Å². The molecule has 0 radical (unpaired) electrons. The van der Waals surface area contributed by atoms with E-state index in [0.29, 0.717) is 26.6 Å². The molecule has 26 heavy (non-hydrogen) atoms. The normalized spacial score (nSPS) is 10.6. The fourth-order valence-electron chi connectivity index (χ4n) is 2.22. The highest BCUT2D eigenvalue weighted by atomic mass is 35.5. The molecule has 2 aromatic carbocycles. The third kappa shape index (κ3) is 4.52. The van der Waals surface area contributed by atoms with Gasteiger partial charge in [0.15, 0.2) is 11.7 Å². The summed E-state index contributed by atoms with van der Waals surface area (Å²) >= 11 is 13.1. The molecule has 3 rings (SSSR count). The summed E-state index contributed by atoms with van der Waals surface area (Å²) in [6.07, 6.45) is 0. The maximum Gasteiger partial charge on any atom is 0.264 e. The zero-order valence-electron chi connectivity index (χ0n) is 13.6. The number of hydrogen-bond acceptors (Lipinski definition) is 4. The van der Waals surface area contributed by atoms with Crippen LogP contribution in [0.15, 0.2) is 42.5 Å². The Kier molecular flexibility index (Phi) is 5.76. The number of benzene rings is 2. The van der Waals surface area contributed by atoms with Crippen molar-refractivity contribution in [2.45, 2.75) is 6.92 Å². The molecule has 0 saturated heterocycles. The Morgan fingerprint density at radius 2 is 1.96 bits per heavy atom. The number of anilines is 1. The average molecular weight is 411 g/mol. The van der Waals surface area contributed by atoms with Crippen LogP contribution in [0, 0.1) is 12.7 Å². The first-order valence-corrected chi connectivity index (χ1v) is 9.10. The Hall–Kier alpha value is -2.15. The molecule has 0 aliphatic heterocycles. The van der Waals surface area contributed by atoms with E-state index in [9.17, 15) is 9.18 Å². The van der Waals surface area contributed by atoms with Crippen molar-refractivity contribution < 1.29 is 13.9 Å². The van der Waals surface area contributed by atoms with Gasteiger partial charge in [-0.1, -0.05) is 23.2 Å². The van der Waals surface area contributed by atoms with Crippen molar-refractivity contribution in [3.05, 3.63) is 63.2 Å². The second kappa shape index (κ2) is 8.03. The molecule has 0 unspecified atom stereocenters. The number of nitrogens with one attached hydrogen (secondary N) is 1. The smallest absolute Gasteiger partial charge is 0.264 e. The fourth-order valence-corrected chi connectivity index (χ4v) is 3.53. The molecular formula is C18H13Cl2FN2O2S. The van der Waals surface area contributed by atoms with Gasteiger partial charge >= 0.3 is 0 Å². The van der Waals surface area contributed by atoms with Crippen LogP contribution in [-0.4, -0.2) is 17.5 Å². The third-order valence-corrected chi connectivity index (χ3v) is 4.83. The lowest BCUT2D eigenvalue weighted by atomic mass is 10.1. The summed E-state index contributed by atoms with van der Waals surface area (Å²) in [7, 11) is 0. The number of rotatable bonds is 5. The second-order valence-electron chi connectivity index (χ2n) is 5.34. The summed E-state index contributed by atoms with van der Waals surface area (Å²) in [5, 5.41) is 3.94. The summed E-state index contributed by atoms with van der Waals surface area (Å²) in [4.78, 5) is 17.4. The molecule has 1 amide bonds. The molecule has 1 heterocycles. The Morgan fingerprint density at radius 1 is 1.23 bits per heavy atom. The molecule has 0 fully saturated rings. The fraction of sp³-hybridized carbons (Fsp3) is 0.111. The molecule has 8 heteroatoms. The first kappa shape index (κ1) is 18.6. The first-order valence-electron chi connectivity index (χ1n) is 7.53. The van der Waals surface area contributed by atoms with Gasteiger partial charge in [0.25, 0.3) is 5.91 Å². The Morgan fingerprint density at radius 3 is 2.65 bits per heavy atom. The number of amides is 1. The first-order chi connectivity index (χ1) is 12.4. The average Bonchev–Trinajstić information content (AvgIpc) is 2.95. The molecule has 0 spiro atoms. The number of thiazole rings is 1. The van der Waals surface area contributed by atoms with Crippen LogP contribution in [0.1, 0.15) is 4.88 Å². The number of carbonyl (C=O) groups excluding carboxylic acids is 1. The summed E-state index contributed by atoms with van der Waals surface area (Å²) in [5.74, 6) is -0.308. The highest BCUT2D eigenvalue weighted by molar-refractivity contribution is 7.16. The number of hydrogen-bond donors (Lipinski definition) is 1. The number of ether oxygens (including phenoxy) is 1. The van der Waals surface area contributed by atoms with E-state index in [1.54, 1.807) is 24.3 Å². The number of halogens is 3. The second-order valence-corrected chi connectivity index (χ2v) is 7.39. The maximum atomic E-state index is 13.0. The van der Waals surface area contributed by atoms with Crippen molar-refractivity contribution >= 4 is 45.6 Å². The minimum Gasteiger partial charge on any atom is -0.482 e.